The lowest BCUT2D eigenvalue weighted by atomic mass is 10.1. The average molecular weight is 466 g/mol. The van der Waals surface area contributed by atoms with Gasteiger partial charge in [-0.2, -0.15) is 5.10 Å². The van der Waals surface area contributed by atoms with E-state index >= 15 is 0 Å². The van der Waals surface area contributed by atoms with E-state index in [2.05, 4.69) is 30.9 Å². The number of benzene rings is 1. The molecule has 2 aliphatic rings. The van der Waals surface area contributed by atoms with Gasteiger partial charge in [0.1, 0.15) is 17.1 Å². The molecule has 3 aromatic rings. The minimum absolute atomic E-state index is 0.279. The van der Waals surface area contributed by atoms with Crippen LogP contribution in [0.5, 0.6) is 5.75 Å². The van der Waals surface area contributed by atoms with Gasteiger partial charge >= 0.3 is 0 Å². The highest BCUT2D eigenvalue weighted by atomic mass is 16.5. The Morgan fingerprint density at radius 3 is 2.97 bits per heavy atom. The van der Waals surface area contributed by atoms with Gasteiger partial charge < -0.3 is 30.3 Å². The Bertz CT molecular complexity index is 1140. The van der Waals surface area contributed by atoms with Gasteiger partial charge in [-0.15, -0.1) is 0 Å². The number of rotatable bonds is 7. The summed E-state index contributed by atoms with van der Waals surface area (Å²) >= 11 is 0. The van der Waals surface area contributed by atoms with E-state index in [1.54, 1.807) is 10.7 Å². The molecule has 0 unspecified atom stereocenters. The van der Waals surface area contributed by atoms with Crippen LogP contribution < -0.4 is 25.6 Å². The summed E-state index contributed by atoms with van der Waals surface area (Å²) < 4.78 is 12.9. The van der Waals surface area contributed by atoms with Crippen molar-refractivity contribution in [3.63, 3.8) is 0 Å². The Morgan fingerprint density at radius 2 is 2.18 bits per heavy atom. The minimum Gasteiger partial charge on any atom is -0.492 e. The molecule has 0 spiro atoms. The first-order chi connectivity index (χ1) is 16.7. The van der Waals surface area contributed by atoms with E-state index in [9.17, 15) is 4.79 Å². The first-order valence-electron chi connectivity index (χ1n) is 11.9. The topological polar surface area (TPSA) is 105 Å². The lowest BCUT2D eigenvalue weighted by Gasteiger charge is -2.29. The van der Waals surface area contributed by atoms with Crippen LogP contribution in [0.25, 0.3) is 5.65 Å². The Morgan fingerprint density at radius 1 is 1.29 bits per heavy atom. The van der Waals surface area contributed by atoms with Gasteiger partial charge in [0.15, 0.2) is 5.65 Å². The molecule has 1 amide bonds. The van der Waals surface area contributed by atoms with Crippen LogP contribution in [0.4, 0.5) is 17.2 Å². The number of nitrogens with one attached hydrogen (secondary N) is 3. The number of carbonyl (C=O) groups is 1. The van der Waals surface area contributed by atoms with E-state index in [0.717, 1.165) is 50.5 Å². The van der Waals surface area contributed by atoms with Gasteiger partial charge in [-0.05, 0) is 44.5 Å². The molecule has 1 atom stereocenters. The van der Waals surface area contributed by atoms with Crippen LogP contribution in [0.1, 0.15) is 30.1 Å². The van der Waals surface area contributed by atoms with Crippen molar-refractivity contribution in [1.29, 1.82) is 0 Å². The number of nitrogens with zero attached hydrogens (tertiary/aromatic N) is 4. The van der Waals surface area contributed by atoms with Crippen molar-refractivity contribution in [2.75, 3.05) is 61.5 Å². The normalized spacial score (nSPS) is 18.6. The predicted molar refractivity (Wildman–Crippen MR) is 131 cm³/mol. The summed E-state index contributed by atoms with van der Waals surface area (Å²) in [4.78, 5) is 20.1. The molecule has 4 heterocycles. The number of carbonyl (C=O) groups excluding carboxylic acids is 1. The first kappa shape index (κ1) is 22.4. The number of hydrogen-bond donors (Lipinski definition) is 3. The molecule has 2 aliphatic heterocycles. The van der Waals surface area contributed by atoms with Crippen LogP contribution in [0, 0.1) is 0 Å². The maximum absolute atomic E-state index is 13.2. The number of fused-ring (bicyclic) bond motifs is 1. The number of aromatic nitrogens is 3. The molecule has 2 aromatic heterocycles. The summed E-state index contributed by atoms with van der Waals surface area (Å²) in [5.74, 6) is 1.09. The molecule has 0 bridgehead atoms. The fraction of sp³-hybridized carbons (Fsp3) is 0.458. The Balaban J connectivity index is 1.35. The summed E-state index contributed by atoms with van der Waals surface area (Å²) in [6.45, 7) is 7.46. The Hall–Kier alpha value is -3.37. The van der Waals surface area contributed by atoms with Gasteiger partial charge in [-0.3, -0.25) is 4.79 Å². The van der Waals surface area contributed by atoms with Crippen molar-refractivity contribution < 1.29 is 14.3 Å². The zero-order chi connectivity index (χ0) is 23.3. The predicted octanol–water partition coefficient (Wildman–Crippen LogP) is 2.38. The summed E-state index contributed by atoms with van der Waals surface area (Å²) in [6, 6.07) is 8.06. The van der Waals surface area contributed by atoms with Gasteiger partial charge in [-0.1, -0.05) is 0 Å². The molecule has 0 radical (unpaired) electrons. The van der Waals surface area contributed by atoms with Crippen molar-refractivity contribution in [1.82, 2.24) is 19.9 Å². The van der Waals surface area contributed by atoms with E-state index < -0.39 is 0 Å². The van der Waals surface area contributed by atoms with E-state index in [1.807, 2.05) is 37.4 Å². The molecular formula is C24H31N7O3. The fourth-order valence-electron chi connectivity index (χ4n) is 4.39. The van der Waals surface area contributed by atoms with Crippen molar-refractivity contribution >= 4 is 28.7 Å². The highest BCUT2D eigenvalue weighted by Gasteiger charge is 2.19. The summed E-state index contributed by atoms with van der Waals surface area (Å²) in [5, 5.41) is 14.2. The van der Waals surface area contributed by atoms with Gasteiger partial charge in [-0.25, -0.2) is 9.50 Å². The quantitative estimate of drug-likeness (QED) is 0.489. The molecule has 34 heavy (non-hydrogen) atoms. The number of piperidine rings is 1. The summed E-state index contributed by atoms with van der Waals surface area (Å²) in [6.07, 6.45) is 5.59. The molecule has 10 nitrogen and oxygen atoms in total. The molecule has 2 fully saturated rings. The van der Waals surface area contributed by atoms with Crippen LogP contribution in [0.3, 0.4) is 0 Å². The fourth-order valence-corrected chi connectivity index (χ4v) is 4.39. The Kier molecular flexibility index (Phi) is 6.77. The Labute approximate surface area is 198 Å². The van der Waals surface area contributed by atoms with Crippen LogP contribution in [0.2, 0.25) is 0 Å². The minimum atomic E-state index is -0.279. The number of hydrogen-bond acceptors (Lipinski definition) is 8. The largest absolute Gasteiger partial charge is 0.492 e. The third-order valence-electron chi connectivity index (χ3n) is 6.15. The molecule has 3 N–H and O–H groups in total. The van der Waals surface area contributed by atoms with Crippen LogP contribution >= 0.6 is 0 Å². The van der Waals surface area contributed by atoms with Crippen LogP contribution in [0.15, 0.2) is 36.7 Å². The second kappa shape index (κ2) is 10.3. The maximum atomic E-state index is 13.2. The lowest BCUT2D eigenvalue weighted by molar-refractivity contribution is 0.102. The third kappa shape index (κ3) is 4.92. The molecule has 0 saturated carbocycles. The SMILES string of the molecule is CCOc1cc(N2CCOCC2)ccc1NC(=O)c1cnn2ccc(N[C@@H]3CCCNC3)nc12. The second-order valence-electron chi connectivity index (χ2n) is 8.49. The van der Waals surface area contributed by atoms with Crippen molar-refractivity contribution in [2.24, 2.45) is 0 Å². The average Bonchev–Trinajstić information content (AvgIpc) is 3.30. The number of amides is 1. The lowest BCUT2D eigenvalue weighted by Crippen LogP contribution is -2.38. The monoisotopic (exact) mass is 465 g/mol. The number of anilines is 3. The highest BCUT2D eigenvalue weighted by Crippen LogP contribution is 2.31. The number of morpholine rings is 1. The zero-order valence-electron chi connectivity index (χ0n) is 19.4. The summed E-state index contributed by atoms with van der Waals surface area (Å²) in [5.41, 5.74) is 2.58. The van der Waals surface area contributed by atoms with Gasteiger partial charge in [0.25, 0.3) is 5.91 Å². The van der Waals surface area contributed by atoms with Gasteiger partial charge in [0.05, 0.1) is 31.7 Å². The molecule has 5 rings (SSSR count). The van der Waals surface area contributed by atoms with E-state index in [-0.39, 0.29) is 5.91 Å². The number of ether oxygens (including phenoxy) is 2. The summed E-state index contributed by atoms with van der Waals surface area (Å²) in [7, 11) is 0. The van der Waals surface area contributed by atoms with Crippen molar-refractivity contribution in [3.05, 3.63) is 42.2 Å². The molecular weight excluding hydrogens is 434 g/mol. The van der Waals surface area contributed by atoms with E-state index in [0.29, 0.717) is 48.5 Å². The van der Waals surface area contributed by atoms with Crippen molar-refractivity contribution in [2.45, 2.75) is 25.8 Å². The zero-order valence-corrected chi connectivity index (χ0v) is 19.4. The third-order valence-corrected chi connectivity index (χ3v) is 6.15. The van der Waals surface area contributed by atoms with E-state index in [1.165, 1.54) is 0 Å². The highest BCUT2D eigenvalue weighted by molar-refractivity contribution is 6.08. The molecule has 10 heteroatoms. The molecule has 0 aliphatic carbocycles. The van der Waals surface area contributed by atoms with Gasteiger partial charge in [0, 0.05) is 43.6 Å². The maximum Gasteiger partial charge on any atom is 0.261 e. The smallest absolute Gasteiger partial charge is 0.261 e. The van der Waals surface area contributed by atoms with Gasteiger partial charge in [0.2, 0.25) is 0 Å². The molecule has 1 aromatic carbocycles. The van der Waals surface area contributed by atoms with Crippen LogP contribution in [-0.2, 0) is 4.74 Å². The first-order valence-corrected chi connectivity index (χ1v) is 11.9. The van der Waals surface area contributed by atoms with E-state index in [4.69, 9.17) is 9.47 Å². The standard InChI is InChI=1S/C24H31N7O3/c1-2-34-21-14-18(30-10-12-33-13-11-30)5-6-20(21)28-24(32)19-16-26-31-9-7-22(29-23(19)31)27-17-4-3-8-25-15-17/h5-7,9,14,16-17,25H,2-4,8,10-13,15H2,1H3,(H,27,29)(H,28,32)/t17-/m1/s1. The molecule has 180 valence electrons. The molecule has 2 saturated heterocycles. The van der Waals surface area contributed by atoms with Crippen molar-refractivity contribution in [3.8, 4) is 5.75 Å². The second-order valence-corrected chi connectivity index (χ2v) is 8.49. The van der Waals surface area contributed by atoms with Crippen LogP contribution in [-0.4, -0.2) is 72.5 Å².